The highest BCUT2D eigenvalue weighted by Crippen LogP contribution is 2.25. The number of nitrogens with zero attached hydrogens (tertiary/aromatic N) is 6. The van der Waals surface area contributed by atoms with Crippen molar-refractivity contribution in [2.75, 3.05) is 13.1 Å². The maximum atomic E-state index is 12.5. The maximum absolute atomic E-state index is 12.5. The molecule has 1 aliphatic heterocycles. The lowest BCUT2D eigenvalue weighted by molar-refractivity contribution is 0.0721. The van der Waals surface area contributed by atoms with E-state index in [-0.39, 0.29) is 11.7 Å². The van der Waals surface area contributed by atoms with Crippen molar-refractivity contribution in [2.24, 2.45) is 7.05 Å². The van der Waals surface area contributed by atoms with Crippen molar-refractivity contribution < 1.29 is 9.32 Å². The smallest absolute Gasteiger partial charge is 0.292 e. The standard InChI is InChI=1S/C16H16N6O2/c1-21-9-11(8-19-21)15-12-3-6-22(7-4-13(12)17-10-18-15)16(23)14-2-5-20-24-14/h2,5,8-10H,3-4,6-7H2,1H3. The van der Waals surface area contributed by atoms with Crippen molar-refractivity contribution in [3.63, 3.8) is 0 Å². The molecule has 122 valence electrons. The Morgan fingerprint density at radius 2 is 2.12 bits per heavy atom. The molecule has 1 aliphatic rings. The largest absolute Gasteiger partial charge is 0.351 e. The van der Waals surface area contributed by atoms with E-state index < -0.39 is 0 Å². The fraction of sp³-hybridized carbons (Fsp3) is 0.312. The number of aromatic nitrogens is 5. The molecule has 8 nitrogen and oxygen atoms in total. The first kappa shape index (κ1) is 14.6. The second-order valence-electron chi connectivity index (χ2n) is 5.72. The van der Waals surface area contributed by atoms with E-state index in [0.717, 1.165) is 22.5 Å². The second-order valence-corrected chi connectivity index (χ2v) is 5.72. The van der Waals surface area contributed by atoms with E-state index in [2.05, 4.69) is 20.2 Å². The van der Waals surface area contributed by atoms with Gasteiger partial charge in [0.25, 0.3) is 5.91 Å². The molecule has 0 aliphatic carbocycles. The minimum atomic E-state index is -0.142. The minimum absolute atomic E-state index is 0.142. The lowest BCUT2D eigenvalue weighted by Gasteiger charge is -2.18. The molecule has 0 aromatic carbocycles. The zero-order chi connectivity index (χ0) is 16.5. The van der Waals surface area contributed by atoms with Crippen LogP contribution in [0, 0.1) is 0 Å². The molecule has 0 fully saturated rings. The van der Waals surface area contributed by atoms with Gasteiger partial charge in [0.1, 0.15) is 6.33 Å². The molecule has 0 unspecified atom stereocenters. The predicted octanol–water partition coefficient (Wildman–Crippen LogP) is 1.11. The number of fused-ring (bicyclic) bond motifs is 1. The molecular formula is C16H16N6O2. The van der Waals surface area contributed by atoms with Gasteiger partial charge in [0.2, 0.25) is 5.76 Å². The summed E-state index contributed by atoms with van der Waals surface area (Å²) in [6.07, 6.45) is 8.17. The molecule has 0 radical (unpaired) electrons. The third-order valence-electron chi connectivity index (χ3n) is 4.20. The summed E-state index contributed by atoms with van der Waals surface area (Å²) in [6, 6.07) is 1.58. The number of hydrogen-bond acceptors (Lipinski definition) is 6. The van der Waals surface area contributed by atoms with Crippen LogP contribution in [0.2, 0.25) is 0 Å². The van der Waals surface area contributed by atoms with E-state index in [9.17, 15) is 4.79 Å². The highest BCUT2D eigenvalue weighted by molar-refractivity contribution is 5.91. The van der Waals surface area contributed by atoms with Gasteiger partial charge in [0, 0.05) is 55.6 Å². The van der Waals surface area contributed by atoms with Crippen LogP contribution < -0.4 is 0 Å². The summed E-state index contributed by atoms with van der Waals surface area (Å²) in [5.41, 5.74) is 3.92. The van der Waals surface area contributed by atoms with Gasteiger partial charge in [-0.25, -0.2) is 9.97 Å². The minimum Gasteiger partial charge on any atom is -0.351 e. The number of amides is 1. The average molecular weight is 324 g/mol. The first-order chi connectivity index (χ1) is 11.7. The average Bonchev–Trinajstić information content (AvgIpc) is 3.22. The summed E-state index contributed by atoms with van der Waals surface area (Å²) in [5.74, 6) is 0.121. The molecule has 3 aromatic rings. The predicted molar refractivity (Wildman–Crippen MR) is 84.0 cm³/mol. The molecule has 0 saturated heterocycles. The van der Waals surface area contributed by atoms with Crippen molar-refractivity contribution in [1.29, 1.82) is 0 Å². The van der Waals surface area contributed by atoms with Crippen molar-refractivity contribution >= 4 is 5.91 Å². The van der Waals surface area contributed by atoms with Crippen LogP contribution in [0.3, 0.4) is 0 Å². The molecular weight excluding hydrogens is 308 g/mol. The normalized spacial score (nSPS) is 14.3. The third-order valence-corrected chi connectivity index (χ3v) is 4.20. The molecule has 4 rings (SSSR count). The number of hydrogen-bond donors (Lipinski definition) is 0. The lowest BCUT2D eigenvalue weighted by atomic mass is 10.0. The summed E-state index contributed by atoms with van der Waals surface area (Å²) in [5, 5.41) is 7.82. The Bertz CT molecular complexity index is 871. The topological polar surface area (TPSA) is 89.9 Å². The zero-order valence-electron chi connectivity index (χ0n) is 13.2. The van der Waals surface area contributed by atoms with Crippen LogP contribution in [-0.2, 0) is 19.9 Å². The number of carbonyl (C=O) groups excluding carboxylic acids is 1. The highest BCUT2D eigenvalue weighted by atomic mass is 16.5. The number of rotatable bonds is 2. The van der Waals surface area contributed by atoms with Crippen molar-refractivity contribution in [3.8, 4) is 11.3 Å². The Kier molecular flexibility index (Phi) is 3.56. The monoisotopic (exact) mass is 324 g/mol. The van der Waals surface area contributed by atoms with Crippen LogP contribution in [0.5, 0.6) is 0 Å². The van der Waals surface area contributed by atoms with Crippen LogP contribution in [-0.4, -0.2) is 48.8 Å². The van der Waals surface area contributed by atoms with E-state index in [1.165, 1.54) is 6.20 Å². The molecule has 4 heterocycles. The van der Waals surface area contributed by atoms with Crippen molar-refractivity contribution in [3.05, 3.63) is 48.0 Å². The second kappa shape index (κ2) is 5.88. The van der Waals surface area contributed by atoms with Crippen molar-refractivity contribution in [1.82, 2.24) is 29.8 Å². The van der Waals surface area contributed by atoms with Gasteiger partial charge >= 0.3 is 0 Å². The van der Waals surface area contributed by atoms with Crippen LogP contribution >= 0.6 is 0 Å². The molecule has 1 amide bonds. The molecule has 0 N–H and O–H groups in total. The molecule has 0 saturated carbocycles. The van der Waals surface area contributed by atoms with Gasteiger partial charge in [-0.1, -0.05) is 5.16 Å². The molecule has 0 spiro atoms. The Labute approximate surface area is 138 Å². The molecule has 3 aromatic heterocycles. The third kappa shape index (κ3) is 2.55. The first-order valence-corrected chi connectivity index (χ1v) is 7.74. The van der Waals surface area contributed by atoms with Gasteiger partial charge in [-0.3, -0.25) is 9.48 Å². The maximum Gasteiger partial charge on any atom is 0.292 e. The quantitative estimate of drug-likeness (QED) is 0.701. The fourth-order valence-electron chi connectivity index (χ4n) is 3.00. The SMILES string of the molecule is Cn1cc(-c2ncnc3c2CCN(C(=O)c2ccno2)CC3)cn1. The van der Waals surface area contributed by atoms with Crippen LogP contribution in [0.25, 0.3) is 11.3 Å². The van der Waals surface area contributed by atoms with Gasteiger partial charge < -0.3 is 9.42 Å². The highest BCUT2D eigenvalue weighted by Gasteiger charge is 2.24. The van der Waals surface area contributed by atoms with Gasteiger partial charge in [-0.15, -0.1) is 0 Å². The summed E-state index contributed by atoms with van der Waals surface area (Å²) >= 11 is 0. The molecule has 0 bridgehead atoms. The lowest BCUT2D eigenvalue weighted by Crippen LogP contribution is -2.33. The van der Waals surface area contributed by atoms with Gasteiger partial charge in [0.05, 0.1) is 18.1 Å². The van der Waals surface area contributed by atoms with E-state index in [1.54, 1.807) is 28.2 Å². The molecule has 0 atom stereocenters. The fourth-order valence-corrected chi connectivity index (χ4v) is 3.00. The van der Waals surface area contributed by atoms with Crippen LogP contribution in [0.4, 0.5) is 0 Å². The van der Waals surface area contributed by atoms with Gasteiger partial charge in [-0.2, -0.15) is 5.10 Å². The Morgan fingerprint density at radius 1 is 1.25 bits per heavy atom. The Hall–Kier alpha value is -3.03. The molecule has 8 heteroatoms. The Morgan fingerprint density at radius 3 is 2.88 bits per heavy atom. The van der Waals surface area contributed by atoms with E-state index >= 15 is 0 Å². The Balaban J connectivity index is 1.62. The first-order valence-electron chi connectivity index (χ1n) is 7.74. The van der Waals surface area contributed by atoms with Crippen LogP contribution in [0.15, 0.2) is 35.5 Å². The summed E-state index contributed by atoms with van der Waals surface area (Å²) in [4.78, 5) is 23.1. The van der Waals surface area contributed by atoms with E-state index in [4.69, 9.17) is 4.52 Å². The number of aryl methyl sites for hydroxylation is 1. The van der Waals surface area contributed by atoms with Crippen molar-refractivity contribution in [2.45, 2.75) is 12.8 Å². The summed E-state index contributed by atoms with van der Waals surface area (Å²) in [7, 11) is 1.88. The van der Waals surface area contributed by atoms with Crippen LogP contribution in [0.1, 0.15) is 21.8 Å². The summed E-state index contributed by atoms with van der Waals surface area (Å²) < 4.78 is 6.73. The van der Waals surface area contributed by atoms with Gasteiger partial charge in [0.15, 0.2) is 0 Å². The summed E-state index contributed by atoms with van der Waals surface area (Å²) in [6.45, 7) is 1.18. The van der Waals surface area contributed by atoms with Gasteiger partial charge in [-0.05, 0) is 6.42 Å². The zero-order valence-corrected chi connectivity index (χ0v) is 13.2. The number of carbonyl (C=O) groups is 1. The van der Waals surface area contributed by atoms with E-state index in [1.807, 2.05) is 13.2 Å². The molecule has 24 heavy (non-hydrogen) atoms. The van der Waals surface area contributed by atoms with E-state index in [0.29, 0.717) is 25.9 Å².